The molecule has 0 radical (unpaired) electrons. The van der Waals surface area contributed by atoms with Crippen molar-refractivity contribution in [1.29, 1.82) is 0 Å². The Morgan fingerprint density at radius 1 is 1.17 bits per heavy atom. The molecule has 190 valence electrons. The number of carbonyl (C=O) groups is 2. The molecule has 4 rings (SSSR count). The van der Waals surface area contributed by atoms with Gasteiger partial charge in [-0.05, 0) is 37.7 Å². The minimum atomic E-state index is -1.20. The third-order valence-corrected chi connectivity index (χ3v) is 8.41. The zero-order chi connectivity index (χ0) is 25.7. The molecule has 1 saturated heterocycles. The molecular formula is C27H35NO7. The molecule has 6 unspecified atom stereocenters. The highest BCUT2D eigenvalue weighted by Crippen LogP contribution is 2.62. The number of carbonyl (C=O) groups excluding carboxylic acids is 2. The van der Waals surface area contributed by atoms with Crippen LogP contribution >= 0.6 is 0 Å². The summed E-state index contributed by atoms with van der Waals surface area (Å²) in [6.45, 7) is 12.0. The van der Waals surface area contributed by atoms with E-state index in [1.807, 2.05) is 6.92 Å². The van der Waals surface area contributed by atoms with Gasteiger partial charge in [-0.2, -0.15) is 0 Å². The second kappa shape index (κ2) is 9.08. The molecular weight excluding hydrogens is 450 g/mol. The minimum absolute atomic E-state index is 0.0115. The van der Waals surface area contributed by atoms with Gasteiger partial charge in [0.05, 0.1) is 29.8 Å². The number of esters is 1. The van der Waals surface area contributed by atoms with Crippen molar-refractivity contribution in [2.75, 3.05) is 26.8 Å². The first-order chi connectivity index (χ1) is 16.6. The number of hydrogen-bond donors (Lipinski definition) is 3. The second-order valence-electron chi connectivity index (χ2n) is 10.4. The predicted molar refractivity (Wildman–Crippen MR) is 129 cm³/mol. The number of allylic oxidation sites excluding steroid dienone is 1. The van der Waals surface area contributed by atoms with Gasteiger partial charge in [-0.25, -0.2) is 4.79 Å². The van der Waals surface area contributed by atoms with Crippen LogP contribution in [0.15, 0.2) is 59.6 Å². The van der Waals surface area contributed by atoms with Crippen molar-refractivity contribution in [2.45, 2.75) is 51.4 Å². The van der Waals surface area contributed by atoms with Crippen molar-refractivity contribution in [2.24, 2.45) is 16.7 Å². The number of nitrogens with zero attached hydrogens (tertiary/aromatic N) is 1. The monoisotopic (exact) mass is 485 g/mol. The van der Waals surface area contributed by atoms with E-state index in [0.29, 0.717) is 37.1 Å². The number of cyclic esters (lactones) is 1. The molecule has 8 nitrogen and oxygen atoms in total. The lowest BCUT2D eigenvalue weighted by Crippen LogP contribution is -2.56. The topological polar surface area (TPSA) is 117 Å². The number of Topliss-reactive ketones (excluding diaryl/α,β-unsaturated/α-hetero) is 1. The number of aliphatic hydroxyl groups excluding tert-OH is 3. The van der Waals surface area contributed by atoms with Crippen LogP contribution in [0.3, 0.4) is 0 Å². The van der Waals surface area contributed by atoms with Crippen molar-refractivity contribution in [1.82, 2.24) is 4.90 Å². The second-order valence-corrected chi connectivity index (χ2v) is 10.4. The molecule has 1 saturated carbocycles. The maximum absolute atomic E-state index is 13.7. The van der Waals surface area contributed by atoms with Crippen molar-refractivity contribution < 1.29 is 34.4 Å². The summed E-state index contributed by atoms with van der Waals surface area (Å²) >= 11 is 0. The molecule has 2 fully saturated rings. The normalized spacial score (nSPS) is 37.6. The third kappa shape index (κ3) is 3.61. The minimum Gasteiger partial charge on any atom is -0.504 e. The van der Waals surface area contributed by atoms with Crippen molar-refractivity contribution in [3.8, 4) is 0 Å². The fourth-order valence-electron chi connectivity index (χ4n) is 6.70. The lowest BCUT2D eigenvalue weighted by atomic mass is 9.53. The molecule has 4 aliphatic rings. The molecule has 0 spiro atoms. The lowest BCUT2D eigenvalue weighted by Gasteiger charge is -2.53. The fourth-order valence-corrected chi connectivity index (χ4v) is 6.70. The van der Waals surface area contributed by atoms with Gasteiger partial charge in [-0.3, -0.25) is 4.79 Å². The Kier molecular flexibility index (Phi) is 6.59. The fraction of sp³-hybridized carbons (Fsp3) is 0.556. The van der Waals surface area contributed by atoms with Gasteiger partial charge in [0.25, 0.3) is 0 Å². The van der Waals surface area contributed by atoms with E-state index in [4.69, 9.17) is 9.47 Å². The summed E-state index contributed by atoms with van der Waals surface area (Å²) in [6, 6.07) is 0. The summed E-state index contributed by atoms with van der Waals surface area (Å²) in [5.74, 6) is -2.14. The molecule has 0 amide bonds. The molecule has 1 heterocycles. The summed E-state index contributed by atoms with van der Waals surface area (Å²) in [6.07, 6.45) is 3.62. The summed E-state index contributed by atoms with van der Waals surface area (Å²) in [7, 11) is 1.48. The Morgan fingerprint density at radius 2 is 1.83 bits per heavy atom. The van der Waals surface area contributed by atoms with E-state index in [0.717, 1.165) is 0 Å². The number of ether oxygens (including phenoxy) is 2. The zero-order valence-electron chi connectivity index (χ0n) is 20.6. The van der Waals surface area contributed by atoms with E-state index in [1.54, 1.807) is 30.2 Å². The highest BCUT2D eigenvalue weighted by atomic mass is 16.6. The average Bonchev–Trinajstić information content (AvgIpc) is 3.09. The maximum atomic E-state index is 13.7. The Hall–Kier alpha value is -2.68. The van der Waals surface area contributed by atoms with Crippen LogP contribution in [0.4, 0.5) is 0 Å². The molecule has 3 aliphatic carbocycles. The summed E-state index contributed by atoms with van der Waals surface area (Å²) < 4.78 is 11.2. The van der Waals surface area contributed by atoms with Crippen molar-refractivity contribution in [3.05, 3.63) is 59.6 Å². The maximum Gasteiger partial charge on any atom is 0.340 e. The summed E-state index contributed by atoms with van der Waals surface area (Å²) in [5, 5.41) is 33.6. The van der Waals surface area contributed by atoms with Gasteiger partial charge in [0.2, 0.25) is 5.78 Å². The van der Waals surface area contributed by atoms with Gasteiger partial charge in [0.1, 0.15) is 6.10 Å². The first kappa shape index (κ1) is 25.4. The molecule has 35 heavy (non-hydrogen) atoms. The van der Waals surface area contributed by atoms with Crippen LogP contribution in [0.2, 0.25) is 0 Å². The van der Waals surface area contributed by atoms with E-state index in [-0.39, 0.29) is 30.1 Å². The SMILES string of the molecule is C=CCN(/C=C1/C(=O)OC(COC)C2(C)C1=C(O)C(=O)C1=C2C(O)CC2(C)C(O)CCC12)CC=C. The molecule has 0 bridgehead atoms. The van der Waals surface area contributed by atoms with Crippen LogP contribution in [0.1, 0.15) is 33.1 Å². The molecule has 0 aromatic carbocycles. The summed E-state index contributed by atoms with van der Waals surface area (Å²) in [4.78, 5) is 28.7. The molecule has 6 atom stereocenters. The molecule has 0 aromatic rings. The van der Waals surface area contributed by atoms with Crippen LogP contribution in [0.25, 0.3) is 0 Å². The zero-order valence-corrected chi connectivity index (χ0v) is 20.6. The number of aliphatic hydroxyl groups is 3. The first-order valence-corrected chi connectivity index (χ1v) is 12.0. The quantitative estimate of drug-likeness (QED) is 0.286. The van der Waals surface area contributed by atoms with E-state index >= 15 is 0 Å². The van der Waals surface area contributed by atoms with Crippen LogP contribution in [-0.2, 0) is 19.1 Å². The predicted octanol–water partition coefficient (Wildman–Crippen LogP) is 2.36. The molecule has 0 aromatic heterocycles. The van der Waals surface area contributed by atoms with Crippen LogP contribution in [0, 0.1) is 16.7 Å². The smallest absolute Gasteiger partial charge is 0.340 e. The Bertz CT molecular complexity index is 1050. The number of methoxy groups -OCH3 is 1. The van der Waals surface area contributed by atoms with Crippen LogP contribution < -0.4 is 0 Å². The number of ketones is 1. The number of hydrogen-bond acceptors (Lipinski definition) is 8. The van der Waals surface area contributed by atoms with E-state index in [9.17, 15) is 24.9 Å². The number of rotatable bonds is 7. The van der Waals surface area contributed by atoms with Crippen LogP contribution in [-0.4, -0.2) is 77.1 Å². The van der Waals surface area contributed by atoms with E-state index < -0.39 is 46.7 Å². The lowest BCUT2D eigenvalue weighted by molar-refractivity contribution is -0.157. The highest BCUT2D eigenvalue weighted by Gasteiger charge is 2.63. The van der Waals surface area contributed by atoms with E-state index in [1.165, 1.54) is 7.11 Å². The van der Waals surface area contributed by atoms with Gasteiger partial charge >= 0.3 is 5.97 Å². The van der Waals surface area contributed by atoms with Gasteiger partial charge < -0.3 is 29.7 Å². The number of fused-ring (bicyclic) bond motifs is 4. The van der Waals surface area contributed by atoms with Gasteiger partial charge in [0, 0.05) is 43.0 Å². The van der Waals surface area contributed by atoms with Gasteiger partial charge in [-0.1, -0.05) is 19.1 Å². The molecule has 8 heteroatoms. The van der Waals surface area contributed by atoms with Gasteiger partial charge in [0.15, 0.2) is 5.76 Å². The van der Waals surface area contributed by atoms with Crippen molar-refractivity contribution in [3.63, 3.8) is 0 Å². The Labute approximate surface area is 205 Å². The van der Waals surface area contributed by atoms with Gasteiger partial charge in [-0.15, -0.1) is 13.2 Å². The van der Waals surface area contributed by atoms with Crippen LogP contribution in [0.5, 0.6) is 0 Å². The standard InChI is InChI=1S/C27H35NO7/c1-6-10-28(11-7-2)13-15-21-24(32)23(31)20-16-8-9-18(30)26(16,3)12-17(29)22(20)27(21,4)19(14-34-5)35-25(15)33/h6-7,13,16-19,29-30,32H,1-2,8-12,14H2,3-5H3/b15-13+. The Morgan fingerprint density at radius 3 is 2.43 bits per heavy atom. The van der Waals surface area contributed by atoms with E-state index in [2.05, 4.69) is 13.2 Å². The van der Waals surface area contributed by atoms with Crippen molar-refractivity contribution >= 4 is 11.8 Å². The molecule has 1 aliphatic heterocycles. The average molecular weight is 486 g/mol. The first-order valence-electron chi connectivity index (χ1n) is 12.0. The largest absolute Gasteiger partial charge is 0.504 e. The molecule has 3 N–H and O–H groups in total. The Balaban J connectivity index is 1.96. The third-order valence-electron chi connectivity index (χ3n) is 8.41. The highest BCUT2D eigenvalue weighted by molar-refractivity contribution is 6.13. The summed E-state index contributed by atoms with van der Waals surface area (Å²) in [5.41, 5.74) is -0.920.